The van der Waals surface area contributed by atoms with Gasteiger partial charge in [0, 0.05) is 17.5 Å². The van der Waals surface area contributed by atoms with Crippen molar-refractivity contribution in [2.75, 3.05) is 11.5 Å². The fraction of sp³-hybridized carbons (Fsp3) is 0.605. The van der Waals surface area contributed by atoms with Crippen LogP contribution < -0.4 is 0 Å². The lowest BCUT2D eigenvalue weighted by atomic mass is 9.75. The lowest BCUT2D eigenvalue weighted by Gasteiger charge is -2.40. The van der Waals surface area contributed by atoms with Gasteiger partial charge in [-0.2, -0.15) is 11.8 Å². The standard InChI is InChI=1S/C43H61F2NO5S2/c1-7-8-9-13-22-29-53-30-23-14-11-10-12-21-28-35(42(49,31-36(44)45)39(48)50-41(4,5)6)38(47)46-37(32(2)3)43(51-40(46)52,33-24-17-15-18-25-33)34-26-19-16-20-27-34/h15-21,24-28,32,35-37,49H,7-14,22-23,29-31H2,1-6H3/t35-,37+,42+/m1/s1. The molecule has 6 nitrogen and oxygen atoms in total. The second-order valence-corrected chi connectivity index (χ2v) is 17.0. The summed E-state index contributed by atoms with van der Waals surface area (Å²) < 4.78 is 40.7. The van der Waals surface area contributed by atoms with Crippen LogP contribution in [0.4, 0.5) is 8.78 Å². The van der Waals surface area contributed by atoms with E-state index < -0.39 is 53.5 Å². The molecule has 10 heteroatoms. The summed E-state index contributed by atoms with van der Waals surface area (Å²) >= 11 is 7.80. The van der Waals surface area contributed by atoms with Gasteiger partial charge in [0.25, 0.3) is 5.17 Å². The van der Waals surface area contributed by atoms with Gasteiger partial charge in [-0.1, -0.05) is 132 Å². The normalized spacial score (nSPS) is 17.7. The van der Waals surface area contributed by atoms with Crippen molar-refractivity contribution in [3.63, 3.8) is 0 Å². The summed E-state index contributed by atoms with van der Waals surface area (Å²) in [6.45, 7) is 10.8. The number of alkyl halides is 2. The average molecular weight is 774 g/mol. The first-order valence-electron chi connectivity index (χ1n) is 19.3. The first-order valence-corrected chi connectivity index (χ1v) is 20.9. The van der Waals surface area contributed by atoms with Gasteiger partial charge in [-0.25, -0.2) is 13.6 Å². The molecule has 0 radical (unpaired) electrons. The summed E-state index contributed by atoms with van der Waals surface area (Å²) in [6.07, 6.45) is 9.62. The molecule has 1 amide bonds. The Hall–Kier alpha value is -2.82. The number of carbonyl (C=O) groups is 2. The van der Waals surface area contributed by atoms with Gasteiger partial charge in [-0.15, -0.1) is 0 Å². The first-order chi connectivity index (χ1) is 25.2. The predicted molar refractivity (Wildman–Crippen MR) is 216 cm³/mol. The number of esters is 1. The zero-order chi connectivity index (χ0) is 39.1. The number of benzene rings is 2. The van der Waals surface area contributed by atoms with Crippen LogP contribution in [-0.2, 0) is 24.7 Å². The molecule has 2 aromatic rings. The zero-order valence-electron chi connectivity index (χ0n) is 32.5. The number of hydrogen-bond donors (Lipinski definition) is 1. The number of thioether (sulfide) groups is 1. The molecule has 294 valence electrons. The Kier molecular flexibility index (Phi) is 17.9. The monoisotopic (exact) mass is 773 g/mol. The first kappa shape index (κ1) is 44.6. The summed E-state index contributed by atoms with van der Waals surface area (Å²) in [5.74, 6) is -1.78. The molecule has 0 aromatic heterocycles. The number of rotatable bonds is 22. The van der Waals surface area contributed by atoms with Crippen molar-refractivity contribution in [2.24, 2.45) is 11.8 Å². The third kappa shape index (κ3) is 12.3. The van der Waals surface area contributed by atoms with Crippen LogP contribution in [0.3, 0.4) is 0 Å². The van der Waals surface area contributed by atoms with E-state index in [0.29, 0.717) is 6.42 Å². The largest absolute Gasteiger partial charge is 0.458 e. The highest BCUT2D eigenvalue weighted by Crippen LogP contribution is 2.48. The van der Waals surface area contributed by atoms with Gasteiger partial charge in [-0.05, 0) is 76.1 Å². The third-order valence-electron chi connectivity index (χ3n) is 9.54. The molecule has 2 aromatic carbocycles. The number of hydrogen-bond acceptors (Lipinski definition) is 7. The van der Waals surface area contributed by atoms with E-state index in [0.717, 1.165) is 42.6 Å². The summed E-state index contributed by atoms with van der Waals surface area (Å²) in [5, 5.41) is 11.9. The van der Waals surface area contributed by atoms with Crippen LogP contribution in [0.1, 0.15) is 123 Å². The number of halogens is 2. The predicted octanol–water partition coefficient (Wildman–Crippen LogP) is 10.7. The number of nitrogens with zero attached hydrogens (tertiary/aromatic N) is 1. The fourth-order valence-electron chi connectivity index (χ4n) is 7.03. The van der Waals surface area contributed by atoms with Gasteiger partial charge >= 0.3 is 5.97 Å². The molecule has 1 fully saturated rings. The maximum absolute atomic E-state index is 15.0. The van der Waals surface area contributed by atoms with Crippen LogP contribution in [-0.4, -0.2) is 62.2 Å². The van der Waals surface area contributed by atoms with Gasteiger partial charge in [0.05, 0.1) is 12.0 Å². The van der Waals surface area contributed by atoms with Crippen LogP contribution in [0.15, 0.2) is 72.8 Å². The second-order valence-electron chi connectivity index (χ2n) is 15.4. The highest BCUT2D eigenvalue weighted by atomic mass is 32.2. The van der Waals surface area contributed by atoms with Crippen molar-refractivity contribution in [1.29, 1.82) is 0 Å². The maximum Gasteiger partial charge on any atom is 0.340 e. The Morgan fingerprint density at radius 1 is 0.925 bits per heavy atom. The molecule has 0 unspecified atom stereocenters. The molecule has 0 spiro atoms. The molecule has 0 saturated carbocycles. The summed E-state index contributed by atoms with van der Waals surface area (Å²) in [7, 11) is 0. The lowest BCUT2D eigenvalue weighted by molar-refractivity contribution is -0.189. The molecule has 0 bridgehead atoms. The summed E-state index contributed by atoms with van der Waals surface area (Å²) in [5.41, 5.74) is -3.76. The molecule has 0 aliphatic carbocycles. The number of thiocarbonyl (C=S) groups is 1. The lowest BCUT2D eigenvalue weighted by Crippen LogP contribution is -2.58. The molecule has 3 rings (SSSR count). The van der Waals surface area contributed by atoms with Crippen molar-refractivity contribution in [3.05, 3.63) is 83.9 Å². The number of amides is 1. The van der Waals surface area contributed by atoms with E-state index in [4.69, 9.17) is 21.7 Å². The minimum Gasteiger partial charge on any atom is -0.458 e. The van der Waals surface area contributed by atoms with Crippen molar-refractivity contribution in [1.82, 2.24) is 4.90 Å². The molecule has 53 heavy (non-hydrogen) atoms. The van der Waals surface area contributed by atoms with Gasteiger partial charge in [-0.3, -0.25) is 9.69 Å². The van der Waals surface area contributed by atoms with Crippen LogP contribution in [0, 0.1) is 11.8 Å². The van der Waals surface area contributed by atoms with Gasteiger partial charge in [0.15, 0.2) is 11.2 Å². The Bertz CT molecular complexity index is 1410. The zero-order valence-corrected chi connectivity index (χ0v) is 34.2. The highest BCUT2D eigenvalue weighted by molar-refractivity contribution is 7.99. The van der Waals surface area contributed by atoms with E-state index in [1.165, 1.54) is 48.8 Å². The average Bonchev–Trinajstić information content (AvgIpc) is 3.43. The smallest absolute Gasteiger partial charge is 0.340 e. The molecular formula is C43H61F2NO5S2. The maximum atomic E-state index is 15.0. The van der Waals surface area contributed by atoms with Gasteiger partial charge in [0.1, 0.15) is 5.60 Å². The Morgan fingerprint density at radius 2 is 1.45 bits per heavy atom. The summed E-state index contributed by atoms with van der Waals surface area (Å²) in [4.78, 5) is 30.0. The van der Waals surface area contributed by atoms with Crippen molar-refractivity contribution < 1.29 is 33.0 Å². The number of ether oxygens (including phenoxy) is 2. The van der Waals surface area contributed by atoms with Crippen molar-refractivity contribution in [3.8, 4) is 0 Å². The Morgan fingerprint density at radius 3 is 1.94 bits per heavy atom. The fourth-order valence-corrected chi connectivity index (χ4v) is 8.39. The second kappa shape index (κ2) is 21.3. The van der Waals surface area contributed by atoms with Crippen molar-refractivity contribution >= 4 is 41.0 Å². The molecule has 1 aliphatic rings. The van der Waals surface area contributed by atoms with Crippen LogP contribution in [0.5, 0.6) is 0 Å². The van der Waals surface area contributed by atoms with Gasteiger partial charge in [0.2, 0.25) is 12.3 Å². The molecule has 1 aliphatic heterocycles. The Balaban J connectivity index is 1.92. The topological polar surface area (TPSA) is 76.1 Å². The molecule has 1 heterocycles. The van der Waals surface area contributed by atoms with Crippen LogP contribution in [0.25, 0.3) is 0 Å². The van der Waals surface area contributed by atoms with E-state index in [1.807, 2.05) is 86.3 Å². The number of carbonyl (C=O) groups excluding carboxylic acids is 2. The molecule has 1 N–H and O–H groups in total. The van der Waals surface area contributed by atoms with Crippen LogP contribution >= 0.6 is 24.0 Å². The van der Waals surface area contributed by atoms with Crippen molar-refractivity contribution in [2.45, 2.75) is 141 Å². The quantitative estimate of drug-likeness (QED) is 0.0553. The summed E-state index contributed by atoms with van der Waals surface area (Å²) in [6, 6.07) is 18.1. The Labute approximate surface area is 326 Å². The van der Waals surface area contributed by atoms with E-state index in [2.05, 4.69) is 6.92 Å². The molecule has 1 saturated heterocycles. The highest BCUT2D eigenvalue weighted by Gasteiger charge is 2.61. The molecular weight excluding hydrogens is 713 g/mol. The minimum absolute atomic E-state index is 0.165. The third-order valence-corrected chi connectivity index (χ3v) is 11.0. The van der Waals surface area contributed by atoms with E-state index in [9.17, 15) is 23.5 Å². The van der Waals surface area contributed by atoms with Crippen LogP contribution in [0.2, 0.25) is 0 Å². The SMILES string of the molecule is CCCCCCCSCCCCCCC=C[C@H](C(=O)N1C(=S)OC(c2ccccc2)(c2ccccc2)[C@@H]1C(C)C)[C@@](O)(CC(F)F)C(=O)OC(C)(C)C. The molecule has 3 atom stereocenters. The minimum atomic E-state index is -3.11. The number of allylic oxidation sites excluding steroid dienone is 1. The van der Waals surface area contributed by atoms with Gasteiger partial charge < -0.3 is 14.6 Å². The number of unbranched alkanes of at least 4 members (excludes halogenated alkanes) is 8. The van der Waals surface area contributed by atoms with E-state index in [1.54, 1.807) is 26.8 Å². The van der Waals surface area contributed by atoms with E-state index >= 15 is 0 Å². The number of aliphatic hydroxyl groups is 1. The van der Waals surface area contributed by atoms with E-state index in [-0.39, 0.29) is 11.1 Å².